The van der Waals surface area contributed by atoms with E-state index in [-0.39, 0.29) is 32.2 Å². The molecule has 1 aromatic carbocycles. The van der Waals surface area contributed by atoms with E-state index < -0.39 is 11.7 Å². The number of pyridine rings is 1. The maximum absolute atomic E-state index is 13.9. The smallest absolute Gasteiger partial charge is 0.417 e. The number of rotatable bonds is 4. The number of azo groups is 1. The van der Waals surface area contributed by atoms with Crippen molar-refractivity contribution in [2.75, 3.05) is 19.0 Å². The second-order valence-electron chi connectivity index (χ2n) is 6.71. The number of aromatic nitrogens is 1. The monoisotopic (exact) mass is 441 g/mol. The van der Waals surface area contributed by atoms with Gasteiger partial charge in [-0.25, -0.2) is 4.98 Å². The standard InChI is InChI=1S/C21H14F3N5OS/c1-29(2)13-7-5-12(6-8-13)27-28-19-17(11-25)31-20-18(19)14(21(22,23)24)10-15(26-20)16-4-3-9-30-16/h3-10H,1-2H3. The number of anilines is 1. The molecule has 156 valence electrons. The van der Waals surface area contributed by atoms with Crippen LogP contribution in [0.25, 0.3) is 21.7 Å². The lowest BCUT2D eigenvalue weighted by molar-refractivity contribution is -0.136. The molecule has 31 heavy (non-hydrogen) atoms. The summed E-state index contributed by atoms with van der Waals surface area (Å²) in [7, 11) is 3.77. The largest absolute Gasteiger partial charge is 0.463 e. The number of nitrogens with zero attached hydrogens (tertiary/aromatic N) is 5. The van der Waals surface area contributed by atoms with Crippen molar-refractivity contribution in [1.29, 1.82) is 5.26 Å². The van der Waals surface area contributed by atoms with Crippen molar-refractivity contribution < 1.29 is 17.6 Å². The highest BCUT2D eigenvalue weighted by Crippen LogP contribution is 2.46. The molecule has 0 aliphatic rings. The van der Waals surface area contributed by atoms with Crippen LogP contribution >= 0.6 is 11.3 Å². The van der Waals surface area contributed by atoms with Crippen molar-refractivity contribution in [3.63, 3.8) is 0 Å². The molecule has 4 rings (SSSR count). The molecule has 0 amide bonds. The Hall–Kier alpha value is -3.71. The molecule has 0 fully saturated rings. The van der Waals surface area contributed by atoms with Gasteiger partial charge < -0.3 is 9.32 Å². The number of nitriles is 1. The van der Waals surface area contributed by atoms with Gasteiger partial charge in [0.2, 0.25) is 0 Å². The van der Waals surface area contributed by atoms with E-state index in [9.17, 15) is 18.4 Å². The van der Waals surface area contributed by atoms with Gasteiger partial charge in [-0.05, 0) is 42.5 Å². The Morgan fingerprint density at radius 2 is 1.87 bits per heavy atom. The van der Waals surface area contributed by atoms with E-state index in [1.54, 1.807) is 18.2 Å². The van der Waals surface area contributed by atoms with Crippen molar-refractivity contribution in [2.24, 2.45) is 10.2 Å². The first-order valence-corrected chi connectivity index (χ1v) is 9.77. The summed E-state index contributed by atoms with van der Waals surface area (Å²) in [5, 5.41) is 17.3. The molecule has 0 saturated heterocycles. The molecule has 4 aromatic rings. The zero-order valence-electron chi connectivity index (χ0n) is 16.3. The number of fused-ring (bicyclic) bond motifs is 1. The average Bonchev–Trinajstić information content (AvgIpc) is 3.39. The second kappa shape index (κ2) is 7.85. The minimum atomic E-state index is -4.69. The number of furan rings is 1. The van der Waals surface area contributed by atoms with E-state index in [0.29, 0.717) is 5.69 Å². The minimum Gasteiger partial charge on any atom is -0.463 e. The van der Waals surface area contributed by atoms with Crippen molar-refractivity contribution in [3.05, 3.63) is 59.2 Å². The summed E-state index contributed by atoms with van der Waals surface area (Å²) in [6.45, 7) is 0. The lowest BCUT2D eigenvalue weighted by Crippen LogP contribution is -2.07. The maximum Gasteiger partial charge on any atom is 0.417 e. The van der Waals surface area contributed by atoms with Crippen LogP contribution in [0.4, 0.5) is 30.2 Å². The summed E-state index contributed by atoms with van der Waals surface area (Å²) >= 11 is 0.833. The minimum absolute atomic E-state index is 0.00161. The Bertz CT molecular complexity index is 1300. The molecule has 0 aliphatic heterocycles. The number of thiophene rings is 1. The van der Waals surface area contributed by atoms with Crippen molar-refractivity contribution in [2.45, 2.75) is 6.18 Å². The van der Waals surface area contributed by atoms with E-state index in [4.69, 9.17) is 4.42 Å². The Balaban J connectivity index is 1.87. The summed E-state index contributed by atoms with van der Waals surface area (Å²) in [6.07, 6.45) is -3.33. The van der Waals surface area contributed by atoms with Gasteiger partial charge in [0.05, 0.1) is 22.9 Å². The zero-order valence-corrected chi connectivity index (χ0v) is 17.1. The van der Waals surface area contributed by atoms with E-state index in [0.717, 1.165) is 23.1 Å². The van der Waals surface area contributed by atoms with Gasteiger partial charge in [0.25, 0.3) is 0 Å². The zero-order chi connectivity index (χ0) is 22.2. The molecular weight excluding hydrogens is 427 g/mol. The summed E-state index contributed by atoms with van der Waals surface area (Å²) < 4.78 is 46.9. The highest BCUT2D eigenvalue weighted by atomic mass is 32.1. The van der Waals surface area contributed by atoms with Gasteiger partial charge in [0, 0.05) is 19.8 Å². The first kappa shape index (κ1) is 20.6. The summed E-state index contributed by atoms with van der Waals surface area (Å²) in [5.41, 5.74) is 0.316. The van der Waals surface area contributed by atoms with Crippen LogP contribution in [0.15, 0.2) is 63.4 Å². The van der Waals surface area contributed by atoms with Crippen LogP contribution in [0.3, 0.4) is 0 Å². The predicted molar refractivity (Wildman–Crippen MR) is 112 cm³/mol. The molecule has 6 nitrogen and oxygen atoms in total. The summed E-state index contributed by atoms with van der Waals surface area (Å²) in [4.78, 5) is 6.21. The SMILES string of the molecule is CN(C)c1ccc(N=Nc2c(C#N)sc3nc(-c4ccco4)cc(C(F)(F)F)c23)cc1. The Morgan fingerprint density at radius 1 is 1.13 bits per heavy atom. The normalized spacial score (nSPS) is 11.9. The number of alkyl halides is 3. The van der Waals surface area contributed by atoms with Crippen molar-refractivity contribution >= 4 is 38.6 Å². The fraction of sp³-hybridized carbons (Fsp3) is 0.143. The van der Waals surface area contributed by atoms with E-state index in [2.05, 4.69) is 15.2 Å². The molecule has 0 unspecified atom stereocenters. The van der Waals surface area contributed by atoms with Crippen molar-refractivity contribution in [3.8, 4) is 17.5 Å². The van der Waals surface area contributed by atoms with Crippen LogP contribution in [-0.4, -0.2) is 19.1 Å². The first-order valence-electron chi connectivity index (χ1n) is 8.96. The van der Waals surface area contributed by atoms with Crippen LogP contribution < -0.4 is 4.90 Å². The third-order valence-electron chi connectivity index (χ3n) is 4.45. The fourth-order valence-electron chi connectivity index (χ4n) is 2.95. The highest BCUT2D eigenvalue weighted by molar-refractivity contribution is 7.19. The molecule has 3 heterocycles. The molecule has 0 saturated carbocycles. The number of halogens is 3. The van der Waals surface area contributed by atoms with Crippen LogP contribution in [0, 0.1) is 11.3 Å². The summed E-state index contributed by atoms with van der Waals surface area (Å²) in [5.74, 6) is 0.198. The third-order valence-corrected chi connectivity index (χ3v) is 5.43. The van der Waals surface area contributed by atoms with Gasteiger partial charge in [-0.1, -0.05) is 0 Å². The lowest BCUT2D eigenvalue weighted by atomic mass is 10.1. The van der Waals surface area contributed by atoms with Crippen LogP contribution in [-0.2, 0) is 6.18 Å². The third kappa shape index (κ3) is 4.00. The highest BCUT2D eigenvalue weighted by Gasteiger charge is 2.36. The number of benzene rings is 1. The van der Waals surface area contributed by atoms with Gasteiger partial charge in [-0.3, -0.25) is 0 Å². The number of hydrogen-bond donors (Lipinski definition) is 0. The molecule has 0 aliphatic carbocycles. The van der Waals surface area contributed by atoms with Gasteiger partial charge in [0.1, 0.15) is 27.2 Å². The lowest BCUT2D eigenvalue weighted by Gasteiger charge is -2.11. The molecule has 0 spiro atoms. The van der Waals surface area contributed by atoms with Crippen LogP contribution in [0.5, 0.6) is 0 Å². The molecular formula is C21H14F3N5OS. The van der Waals surface area contributed by atoms with E-state index >= 15 is 0 Å². The fourth-order valence-corrected chi connectivity index (χ4v) is 3.88. The Kier molecular flexibility index (Phi) is 5.20. The average molecular weight is 441 g/mol. The van der Waals surface area contributed by atoms with Crippen molar-refractivity contribution in [1.82, 2.24) is 4.98 Å². The molecule has 3 aromatic heterocycles. The van der Waals surface area contributed by atoms with Crippen LogP contribution in [0.1, 0.15) is 10.4 Å². The quantitative estimate of drug-likeness (QED) is 0.322. The Morgan fingerprint density at radius 3 is 2.45 bits per heavy atom. The van der Waals surface area contributed by atoms with Gasteiger partial charge in [-0.15, -0.1) is 16.5 Å². The predicted octanol–water partition coefficient (Wildman–Crippen LogP) is 6.93. The van der Waals surface area contributed by atoms with Gasteiger partial charge >= 0.3 is 6.18 Å². The molecule has 10 heteroatoms. The van der Waals surface area contributed by atoms with Gasteiger partial charge in [0.15, 0.2) is 5.76 Å². The summed E-state index contributed by atoms with van der Waals surface area (Å²) in [6, 6.07) is 12.9. The molecule has 0 atom stereocenters. The van der Waals surface area contributed by atoms with Gasteiger partial charge in [-0.2, -0.15) is 23.5 Å². The molecule has 0 radical (unpaired) electrons. The first-order chi connectivity index (χ1) is 14.8. The Labute approximate surface area is 178 Å². The molecule has 0 N–H and O–H groups in total. The second-order valence-corrected chi connectivity index (χ2v) is 7.71. The van der Waals surface area contributed by atoms with Crippen LogP contribution in [0.2, 0.25) is 0 Å². The van der Waals surface area contributed by atoms with E-state index in [1.807, 2.05) is 37.2 Å². The maximum atomic E-state index is 13.9. The van der Waals surface area contributed by atoms with E-state index in [1.165, 1.54) is 12.3 Å². The molecule has 0 bridgehead atoms. The topological polar surface area (TPSA) is 77.8 Å². The number of hydrogen-bond acceptors (Lipinski definition) is 7.